The highest BCUT2D eigenvalue weighted by molar-refractivity contribution is 6.68. The van der Waals surface area contributed by atoms with E-state index in [-0.39, 0.29) is 6.61 Å². The van der Waals surface area contributed by atoms with Gasteiger partial charge in [-0.25, -0.2) is 4.79 Å². The molecule has 130 valence electrons. The second-order valence-corrected chi connectivity index (χ2v) is 7.84. The average molecular weight is 398 g/mol. The summed E-state index contributed by atoms with van der Waals surface area (Å²) in [7, 11) is 0. The molecule has 1 aromatic heterocycles. The molecule has 0 bridgehead atoms. The van der Waals surface area contributed by atoms with Gasteiger partial charge in [0.15, 0.2) is 0 Å². The molecule has 25 heavy (non-hydrogen) atoms. The molecular weight excluding hydrogens is 383 g/mol. The van der Waals surface area contributed by atoms with Crippen LogP contribution in [0.4, 0.5) is 4.79 Å². The summed E-state index contributed by atoms with van der Waals surface area (Å²) in [5.41, 5.74) is 2.43. The Morgan fingerprint density at radius 2 is 1.76 bits per heavy atom. The van der Waals surface area contributed by atoms with Crippen molar-refractivity contribution >= 4 is 51.8 Å². The highest BCUT2D eigenvalue weighted by Crippen LogP contribution is 2.42. The molecule has 0 aliphatic rings. The van der Waals surface area contributed by atoms with Gasteiger partial charge in [-0.2, -0.15) is 0 Å². The lowest BCUT2D eigenvalue weighted by atomic mass is 10.1. The summed E-state index contributed by atoms with van der Waals surface area (Å²) in [5, 5.41) is 3.51. The first kappa shape index (κ1) is 17.9. The number of amides is 1. The van der Waals surface area contributed by atoms with E-state index in [0.29, 0.717) is 5.56 Å². The Bertz CT molecular complexity index is 859. The van der Waals surface area contributed by atoms with Crippen LogP contribution < -0.4 is 5.32 Å². The first-order chi connectivity index (χ1) is 11.9. The van der Waals surface area contributed by atoms with Crippen LogP contribution in [0, 0.1) is 0 Å². The Balaban J connectivity index is 1.77. The van der Waals surface area contributed by atoms with Crippen LogP contribution in [0.2, 0.25) is 0 Å². The molecule has 1 heterocycles. The fourth-order valence-electron chi connectivity index (χ4n) is 2.55. The van der Waals surface area contributed by atoms with Gasteiger partial charge in [0.25, 0.3) is 0 Å². The number of hydrogen-bond donors (Lipinski definition) is 2. The van der Waals surface area contributed by atoms with E-state index < -0.39 is 15.9 Å². The Morgan fingerprint density at radius 1 is 1.08 bits per heavy atom. The second-order valence-electron chi connectivity index (χ2n) is 5.47. The van der Waals surface area contributed by atoms with Gasteiger partial charge in [0, 0.05) is 22.7 Å². The van der Waals surface area contributed by atoms with Crippen molar-refractivity contribution in [2.75, 3.05) is 0 Å². The number of aromatic nitrogens is 1. The smallest absolute Gasteiger partial charge is 0.408 e. The quantitative estimate of drug-likeness (QED) is 0.571. The van der Waals surface area contributed by atoms with Crippen LogP contribution in [0.1, 0.15) is 17.2 Å². The number of rotatable bonds is 4. The fraction of sp³-hybridized carbons (Fsp3) is 0.167. The molecule has 0 saturated carbocycles. The minimum Gasteiger partial charge on any atom is -0.445 e. The first-order valence-electron chi connectivity index (χ1n) is 7.55. The third-order valence-corrected chi connectivity index (χ3v) is 4.39. The number of aromatic amines is 1. The van der Waals surface area contributed by atoms with Gasteiger partial charge in [0.2, 0.25) is 3.79 Å². The molecule has 1 unspecified atom stereocenters. The van der Waals surface area contributed by atoms with E-state index in [9.17, 15) is 4.79 Å². The van der Waals surface area contributed by atoms with E-state index in [2.05, 4.69) is 10.3 Å². The molecular formula is C18H15Cl3N2O2. The summed E-state index contributed by atoms with van der Waals surface area (Å²) in [6.07, 6.45) is 1.06. The molecule has 0 fully saturated rings. The lowest BCUT2D eigenvalue weighted by Gasteiger charge is -2.25. The first-order valence-corrected chi connectivity index (χ1v) is 8.68. The van der Waals surface area contributed by atoms with Crippen LogP contribution in [0.3, 0.4) is 0 Å². The number of alkyl carbamates (subject to hydrolysis) is 1. The number of carbonyl (C=O) groups is 1. The minimum atomic E-state index is -1.74. The molecule has 7 heteroatoms. The van der Waals surface area contributed by atoms with Crippen molar-refractivity contribution in [2.45, 2.75) is 16.4 Å². The summed E-state index contributed by atoms with van der Waals surface area (Å²) in [6.45, 7) is 0.132. The van der Waals surface area contributed by atoms with Crippen LogP contribution in [-0.4, -0.2) is 14.9 Å². The molecule has 1 atom stereocenters. The number of hydrogen-bond acceptors (Lipinski definition) is 2. The van der Waals surface area contributed by atoms with Crippen molar-refractivity contribution in [3.05, 3.63) is 71.9 Å². The number of carbonyl (C=O) groups excluding carboxylic acids is 1. The third kappa shape index (κ3) is 4.40. The minimum absolute atomic E-state index is 0.132. The van der Waals surface area contributed by atoms with Crippen molar-refractivity contribution in [2.24, 2.45) is 0 Å². The Morgan fingerprint density at radius 3 is 2.48 bits per heavy atom. The number of nitrogens with one attached hydrogen (secondary N) is 2. The molecule has 0 radical (unpaired) electrons. The molecule has 3 rings (SSSR count). The number of para-hydroxylation sites is 1. The molecule has 0 aliphatic heterocycles. The Hall–Kier alpha value is -1.88. The van der Waals surface area contributed by atoms with Gasteiger partial charge in [-0.1, -0.05) is 83.3 Å². The van der Waals surface area contributed by atoms with Crippen molar-refractivity contribution in [3.8, 4) is 0 Å². The van der Waals surface area contributed by atoms with Crippen LogP contribution in [-0.2, 0) is 11.3 Å². The number of H-pyrrole nitrogens is 1. The fourth-order valence-corrected chi connectivity index (χ4v) is 3.07. The van der Waals surface area contributed by atoms with E-state index in [0.717, 1.165) is 16.5 Å². The van der Waals surface area contributed by atoms with Gasteiger partial charge in [-0.15, -0.1) is 0 Å². The number of halogens is 3. The van der Waals surface area contributed by atoms with Crippen LogP contribution in [0.15, 0.2) is 60.8 Å². The SMILES string of the molecule is O=C(NC(c1c[nH]c2ccccc12)C(Cl)(Cl)Cl)OCc1ccccc1. The van der Waals surface area contributed by atoms with Gasteiger partial charge >= 0.3 is 6.09 Å². The van der Waals surface area contributed by atoms with E-state index >= 15 is 0 Å². The summed E-state index contributed by atoms with van der Waals surface area (Å²) in [6, 6.07) is 16.1. The van der Waals surface area contributed by atoms with Crippen LogP contribution >= 0.6 is 34.8 Å². The van der Waals surface area contributed by atoms with Crippen molar-refractivity contribution in [1.82, 2.24) is 10.3 Å². The predicted octanol–water partition coefficient (Wildman–Crippen LogP) is 5.51. The van der Waals surface area contributed by atoms with Crippen LogP contribution in [0.5, 0.6) is 0 Å². The highest BCUT2D eigenvalue weighted by Gasteiger charge is 2.37. The molecule has 2 aromatic carbocycles. The van der Waals surface area contributed by atoms with Gasteiger partial charge in [0.05, 0.1) is 0 Å². The number of fused-ring (bicyclic) bond motifs is 1. The highest BCUT2D eigenvalue weighted by atomic mass is 35.6. The second kappa shape index (κ2) is 7.56. The third-order valence-electron chi connectivity index (χ3n) is 3.73. The van der Waals surface area contributed by atoms with Gasteiger partial charge in [0.1, 0.15) is 12.6 Å². The largest absolute Gasteiger partial charge is 0.445 e. The van der Waals surface area contributed by atoms with Gasteiger partial charge < -0.3 is 15.0 Å². The van der Waals surface area contributed by atoms with E-state index in [4.69, 9.17) is 39.5 Å². The lowest BCUT2D eigenvalue weighted by Crippen LogP contribution is -2.36. The molecule has 0 saturated heterocycles. The van der Waals surface area contributed by atoms with Gasteiger partial charge in [-0.05, 0) is 11.6 Å². The summed E-state index contributed by atoms with van der Waals surface area (Å²) in [4.78, 5) is 15.3. The normalized spacial score (nSPS) is 12.8. The lowest BCUT2D eigenvalue weighted by molar-refractivity contribution is 0.135. The molecule has 4 nitrogen and oxygen atoms in total. The molecule has 1 amide bonds. The summed E-state index contributed by atoms with van der Waals surface area (Å²) >= 11 is 18.3. The predicted molar refractivity (Wildman–Crippen MR) is 101 cm³/mol. The maximum Gasteiger partial charge on any atom is 0.408 e. The van der Waals surface area contributed by atoms with Crippen molar-refractivity contribution in [1.29, 1.82) is 0 Å². The maximum absolute atomic E-state index is 12.2. The van der Waals surface area contributed by atoms with Gasteiger partial charge in [-0.3, -0.25) is 0 Å². The van der Waals surface area contributed by atoms with E-state index in [1.165, 1.54) is 0 Å². The molecule has 3 aromatic rings. The zero-order chi connectivity index (χ0) is 17.9. The number of ether oxygens (including phenoxy) is 1. The Labute approximate surface area is 160 Å². The zero-order valence-corrected chi connectivity index (χ0v) is 15.3. The summed E-state index contributed by atoms with van der Waals surface area (Å²) in [5.74, 6) is 0. The average Bonchev–Trinajstić information content (AvgIpc) is 3.01. The number of alkyl halides is 3. The monoisotopic (exact) mass is 396 g/mol. The zero-order valence-electron chi connectivity index (χ0n) is 13.0. The topological polar surface area (TPSA) is 54.1 Å². The standard InChI is InChI=1S/C18H15Cl3N2O2/c19-18(20,21)16(14-10-22-15-9-5-4-8-13(14)15)23-17(24)25-11-12-6-2-1-3-7-12/h1-10,16,22H,11H2,(H,23,24). The van der Waals surface area contributed by atoms with Crippen molar-refractivity contribution < 1.29 is 9.53 Å². The maximum atomic E-state index is 12.2. The van der Waals surface area contributed by atoms with Crippen molar-refractivity contribution in [3.63, 3.8) is 0 Å². The molecule has 0 spiro atoms. The van der Waals surface area contributed by atoms with Crippen LogP contribution in [0.25, 0.3) is 10.9 Å². The Kier molecular flexibility index (Phi) is 5.42. The van der Waals surface area contributed by atoms with E-state index in [1.807, 2.05) is 54.6 Å². The summed E-state index contributed by atoms with van der Waals surface area (Å²) < 4.78 is 3.49. The van der Waals surface area contributed by atoms with E-state index in [1.54, 1.807) is 6.20 Å². The number of benzene rings is 2. The molecule has 2 N–H and O–H groups in total. The molecule has 0 aliphatic carbocycles.